The van der Waals surface area contributed by atoms with E-state index in [0.29, 0.717) is 6.04 Å². The van der Waals surface area contributed by atoms with Crippen molar-refractivity contribution in [3.63, 3.8) is 0 Å². The Hall–Kier alpha value is -1.66. The lowest BCUT2D eigenvalue weighted by atomic mass is 9.81. The zero-order valence-corrected chi connectivity index (χ0v) is 19.4. The molecule has 0 aromatic carbocycles. The Morgan fingerprint density at radius 2 is 1.76 bits per heavy atom. The van der Waals surface area contributed by atoms with Gasteiger partial charge < -0.3 is 4.74 Å². The predicted molar refractivity (Wildman–Crippen MR) is 117 cm³/mol. The first kappa shape index (κ1) is 22.0. The highest BCUT2D eigenvalue weighted by Gasteiger charge is 2.30. The van der Waals surface area contributed by atoms with E-state index in [0.717, 1.165) is 39.2 Å². The SMILES string of the molecule is CC(C)n1cc(C(C)(C)CC2CN(CCn3cc(C(C)(C)C)cn3)CCO2)cn1. The normalized spacial score (nSPS) is 19.2. The van der Waals surface area contributed by atoms with Crippen molar-refractivity contribution in [1.82, 2.24) is 24.5 Å². The van der Waals surface area contributed by atoms with Crippen LogP contribution in [0.5, 0.6) is 0 Å². The third kappa shape index (κ3) is 5.70. The number of hydrogen-bond donors (Lipinski definition) is 0. The highest BCUT2D eigenvalue weighted by atomic mass is 16.5. The van der Waals surface area contributed by atoms with Crippen molar-refractivity contribution in [2.45, 2.75) is 84.4 Å². The summed E-state index contributed by atoms with van der Waals surface area (Å²) in [7, 11) is 0. The van der Waals surface area contributed by atoms with Crippen molar-refractivity contribution in [3.8, 4) is 0 Å². The van der Waals surface area contributed by atoms with Gasteiger partial charge in [0.1, 0.15) is 0 Å². The van der Waals surface area contributed by atoms with Gasteiger partial charge in [-0.15, -0.1) is 0 Å². The van der Waals surface area contributed by atoms with E-state index in [2.05, 4.69) is 80.6 Å². The number of morpholine rings is 1. The summed E-state index contributed by atoms with van der Waals surface area (Å²) in [4.78, 5) is 2.51. The minimum atomic E-state index is 0.0460. The van der Waals surface area contributed by atoms with Crippen molar-refractivity contribution < 1.29 is 4.74 Å². The van der Waals surface area contributed by atoms with Gasteiger partial charge in [0.05, 0.1) is 31.6 Å². The average Bonchev–Trinajstić information content (AvgIpc) is 3.29. The first-order valence-electron chi connectivity index (χ1n) is 11.0. The van der Waals surface area contributed by atoms with Gasteiger partial charge in [-0.05, 0) is 42.2 Å². The lowest BCUT2D eigenvalue weighted by Crippen LogP contribution is -2.45. The van der Waals surface area contributed by atoms with Crippen molar-refractivity contribution in [2.24, 2.45) is 0 Å². The molecule has 1 unspecified atom stereocenters. The van der Waals surface area contributed by atoms with Gasteiger partial charge in [-0.1, -0.05) is 34.6 Å². The Morgan fingerprint density at radius 1 is 1.03 bits per heavy atom. The highest BCUT2D eigenvalue weighted by Crippen LogP contribution is 2.30. The topological polar surface area (TPSA) is 48.1 Å². The standard InChI is InChI=1S/C23H39N5O/c1-18(2)28-16-20(14-25-28)23(6,7)12-21-17-26(10-11-29-21)8-9-27-15-19(13-24-27)22(3,4)5/h13-16,18,21H,8-12,17H2,1-7H3. The molecule has 1 fully saturated rings. The molecule has 162 valence electrons. The van der Waals surface area contributed by atoms with Gasteiger partial charge in [0.2, 0.25) is 0 Å². The smallest absolute Gasteiger partial charge is 0.0710 e. The molecule has 6 nitrogen and oxygen atoms in total. The summed E-state index contributed by atoms with van der Waals surface area (Å²) in [5.74, 6) is 0. The van der Waals surface area contributed by atoms with Gasteiger partial charge in [-0.25, -0.2) is 0 Å². The summed E-state index contributed by atoms with van der Waals surface area (Å²) < 4.78 is 10.3. The first-order valence-corrected chi connectivity index (χ1v) is 11.0. The summed E-state index contributed by atoms with van der Waals surface area (Å²) in [6.45, 7) is 20.3. The van der Waals surface area contributed by atoms with Crippen molar-refractivity contribution in [2.75, 3.05) is 26.2 Å². The second kappa shape index (κ2) is 8.60. The van der Waals surface area contributed by atoms with Gasteiger partial charge >= 0.3 is 0 Å². The molecule has 2 aromatic rings. The van der Waals surface area contributed by atoms with Crippen molar-refractivity contribution in [1.29, 1.82) is 0 Å². The van der Waals surface area contributed by atoms with Crippen LogP contribution in [-0.2, 0) is 22.1 Å². The maximum absolute atomic E-state index is 6.13. The molecule has 1 atom stereocenters. The molecule has 0 saturated carbocycles. The van der Waals surface area contributed by atoms with Crippen molar-refractivity contribution >= 4 is 0 Å². The van der Waals surface area contributed by atoms with Crippen LogP contribution in [0.2, 0.25) is 0 Å². The highest BCUT2D eigenvalue weighted by molar-refractivity contribution is 5.18. The Bertz CT molecular complexity index is 783. The van der Waals surface area contributed by atoms with E-state index in [9.17, 15) is 0 Å². The largest absolute Gasteiger partial charge is 0.376 e. The molecule has 3 heterocycles. The summed E-state index contributed by atoms with van der Waals surface area (Å²) in [5, 5.41) is 9.08. The molecule has 0 bridgehead atoms. The monoisotopic (exact) mass is 401 g/mol. The lowest BCUT2D eigenvalue weighted by Gasteiger charge is -2.36. The number of ether oxygens (including phenoxy) is 1. The van der Waals surface area contributed by atoms with E-state index in [1.54, 1.807) is 0 Å². The molecule has 0 aliphatic carbocycles. The predicted octanol–water partition coefficient (Wildman–Crippen LogP) is 4.03. The number of rotatable bonds is 7. The molecule has 0 radical (unpaired) electrons. The Balaban J connectivity index is 1.54. The second-order valence-corrected chi connectivity index (χ2v) is 10.4. The molecule has 29 heavy (non-hydrogen) atoms. The maximum atomic E-state index is 6.13. The quantitative estimate of drug-likeness (QED) is 0.703. The molecule has 0 amide bonds. The van der Waals surface area contributed by atoms with Crippen LogP contribution in [0.15, 0.2) is 24.8 Å². The summed E-state index contributed by atoms with van der Waals surface area (Å²) in [6.07, 6.45) is 9.66. The van der Waals surface area contributed by atoms with Crippen LogP contribution in [0, 0.1) is 0 Å². The number of hydrogen-bond acceptors (Lipinski definition) is 4. The van der Waals surface area contributed by atoms with E-state index < -0.39 is 0 Å². The zero-order chi connectivity index (χ0) is 21.2. The molecule has 0 spiro atoms. The fraction of sp³-hybridized carbons (Fsp3) is 0.739. The average molecular weight is 402 g/mol. The molecule has 2 aromatic heterocycles. The minimum Gasteiger partial charge on any atom is -0.376 e. The Kier molecular flexibility index (Phi) is 6.54. The Labute approximate surface area is 176 Å². The van der Waals surface area contributed by atoms with Crippen LogP contribution < -0.4 is 0 Å². The van der Waals surface area contributed by atoms with Gasteiger partial charge in [-0.2, -0.15) is 10.2 Å². The molecule has 1 saturated heterocycles. The molecule has 6 heteroatoms. The third-order valence-electron chi connectivity index (χ3n) is 6.02. The Morgan fingerprint density at radius 3 is 2.38 bits per heavy atom. The fourth-order valence-corrected chi connectivity index (χ4v) is 3.88. The van der Waals surface area contributed by atoms with Crippen LogP contribution in [0.4, 0.5) is 0 Å². The van der Waals surface area contributed by atoms with Crippen LogP contribution in [-0.4, -0.2) is 56.8 Å². The van der Waals surface area contributed by atoms with Gasteiger partial charge in [-0.3, -0.25) is 14.3 Å². The maximum Gasteiger partial charge on any atom is 0.0710 e. The van der Waals surface area contributed by atoms with Gasteiger partial charge in [0.25, 0.3) is 0 Å². The summed E-state index contributed by atoms with van der Waals surface area (Å²) in [5.41, 5.74) is 2.78. The third-order valence-corrected chi connectivity index (χ3v) is 6.02. The molecule has 3 rings (SSSR count). The molecule has 1 aliphatic heterocycles. The summed E-state index contributed by atoms with van der Waals surface area (Å²) in [6, 6.07) is 0.391. The number of aromatic nitrogens is 4. The van der Waals surface area contributed by atoms with E-state index in [4.69, 9.17) is 4.74 Å². The van der Waals surface area contributed by atoms with Crippen LogP contribution in [0.25, 0.3) is 0 Å². The molecule has 1 aliphatic rings. The van der Waals surface area contributed by atoms with E-state index in [-0.39, 0.29) is 16.9 Å². The van der Waals surface area contributed by atoms with Gasteiger partial charge in [0, 0.05) is 38.1 Å². The minimum absolute atomic E-state index is 0.0460. The van der Waals surface area contributed by atoms with E-state index >= 15 is 0 Å². The van der Waals surface area contributed by atoms with Crippen LogP contribution in [0.3, 0.4) is 0 Å². The zero-order valence-electron chi connectivity index (χ0n) is 19.4. The van der Waals surface area contributed by atoms with Crippen LogP contribution in [0.1, 0.15) is 72.1 Å². The van der Waals surface area contributed by atoms with Crippen molar-refractivity contribution in [3.05, 3.63) is 35.9 Å². The van der Waals surface area contributed by atoms with E-state index in [1.165, 1.54) is 11.1 Å². The molecule has 0 N–H and O–H groups in total. The van der Waals surface area contributed by atoms with Gasteiger partial charge in [0.15, 0.2) is 0 Å². The summed E-state index contributed by atoms with van der Waals surface area (Å²) >= 11 is 0. The van der Waals surface area contributed by atoms with Crippen LogP contribution >= 0.6 is 0 Å². The fourth-order valence-electron chi connectivity index (χ4n) is 3.88. The first-order chi connectivity index (χ1) is 13.5. The number of nitrogens with zero attached hydrogens (tertiary/aromatic N) is 5. The second-order valence-electron chi connectivity index (χ2n) is 10.4. The lowest BCUT2D eigenvalue weighted by molar-refractivity contribution is -0.0412. The molecular formula is C23H39N5O. The van der Waals surface area contributed by atoms with E-state index in [1.807, 2.05) is 17.1 Å². The molecular weight excluding hydrogens is 362 g/mol.